The second-order valence-corrected chi connectivity index (χ2v) is 7.14. The molecule has 6 heteroatoms. The first-order valence-electron chi connectivity index (χ1n) is 6.06. The normalized spacial score (nSPS) is 21.7. The van der Waals surface area contributed by atoms with Crippen LogP contribution in [0.2, 0.25) is 5.02 Å². The first kappa shape index (κ1) is 13.8. The maximum absolute atomic E-state index is 12.6. The maximum atomic E-state index is 12.6. The number of hydrogen-bond acceptors (Lipinski definition) is 3. The van der Waals surface area contributed by atoms with Crippen LogP contribution in [-0.4, -0.2) is 30.3 Å². The minimum Gasteiger partial charge on any atom is -0.263 e. The van der Waals surface area contributed by atoms with Crippen LogP contribution in [-0.2, 0) is 10.0 Å². The molecule has 1 aromatic heterocycles. The molecular formula is C12H17ClN2O2S. The first-order valence-corrected chi connectivity index (χ1v) is 7.87. The van der Waals surface area contributed by atoms with Crippen molar-refractivity contribution in [2.24, 2.45) is 5.92 Å². The summed E-state index contributed by atoms with van der Waals surface area (Å²) in [5, 5.41) is 0.236. The predicted octanol–water partition coefficient (Wildman–Crippen LogP) is 2.54. The lowest BCUT2D eigenvalue weighted by Crippen LogP contribution is -2.38. The minimum absolute atomic E-state index is 0.0614. The van der Waals surface area contributed by atoms with Gasteiger partial charge in [0.25, 0.3) is 0 Å². The molecule has 100 valence electrons. The van der Waals surface area contributed by atoms with Crippen molar-refractivity contribution in [3.63, 3.8) is 0 Å². The van der Waals surface area contributed by atoms with E-state index in [0.717, 1.165) is 12.8 Å². The molecule has 0 aromatic carbocycles. The second-order valence-electron chi connectivity index (χ2n) is 4.88. The van der Waals surface area contributed by atoms with Crippen LogP contribution in [0.1, 0.15) is 26.7 Å². The molecule has 18 heavy (non-hydrogen) atoms. The van der Waals surface area contributed by atoms with Crippen molar-refractivity contribution < 1.29 is 8.42 Å². The summed E-state index contributed by atoms with van der Waals surface area (Å²) in [5.74, 6) is 0.303. The highest BCUT2D eigenvalue weighted by atomic mass is 35.5. The lowest BCUT2D eigenvalue weighted by Gasteiger charge is -2.27. The van der Waals surface area contributed by atoms with E-state index in [1.807, 2.05) is 13.8 Å². The van der Waals surface area contributed by atoms with Gasteiger partial charge in [-0.2, -0.15) is 4.31 Å². The molecule has 0 aliphatic carbocycles. The smallest absolute Gasteiger partial charge is 0.246 e. The van der Waals surface area contributed by atoms with Crippen LogP contribution in [0.3, 0.4) is 0 Å². The highest BCUT2D eigenvalue weighted by Crippen LogP contribution is 2.32. The van der Waals surface area contributed by atoms with Gasteiger partial charge in [-0.25, -0.2) is 8.42 Å². The van der Waals surface area contributed by atoms with Crippen LogP contribution >= 0.6 is 11.6 Å². The lowest BCUT2D eigenvalue weighted by atomic mass is 10.0. The van der Waals surface area contributed by atoms with E-state index in [1.165, 1.54) is 18.5 Å². The largest absolute Gasteiger partial charge is 0.263 e. The van der Waals surface area contributed by atoms with Gasteiger partial charge in [0.1, 0.15) is 4.90 Å². The number of nitrogens with zero attached hydrogens (tertiary/aromatic N) is 2. The van der Waals surface area contributed by atoms with Gasteiger partial charge < -0.3 is 0 Å². The third kappa shape index (κ3) is 2.39. The number of rotatable bonds is 3. The van der Waals surface area contributed by atoms with Gasteiger partial charge in [-0.15, -0.1) is 0 Å². The molecule has 0 amide bonds. The Balaban J connectivity index is 2.40. The van der Waals surface area contributed by atoms with E-state index < -0.39 is 10.0 Å². The van der Waals surface area contributed by atoms with Crippen LogP contribution in [0.5, 0.6) is 0 Å². The zero-order chi connectivity index (χ0) is 13.3. The Morgan fingerprint density at radius 1 is 1.50 bits per heavy atom. The molecule has 1 atom stereocenters. The SMILES string of the molecule is CC(C)C1CCCN1S(=O)(=O)c1cnccc1Cl. The summed E-state index contributed by atoms with van der Waals surface area (Å²) in [5.41, 5.74) is 0. The third-order valence-electron chi connectivity index (χ3n) is 3.34. The van der Waals surface area contributed by atoms with Gasteiger partial charge in [0.2, 0.25) is 10.0 Å². The van der Waals surface area contributed by atoms with Crippen molar-refractivity contribution >= 4 is 21.6 Å². The van der Waals surface area contributed by atoms with Crippen molar-refractivity contribution in [1.29, 1.82) is 0 Å². The van der Waals surface area contributed by atoms with Gasteiger partial charge in [-0.05, 0) is 24.8 Å². The lowest BCUT2D eigenvalue weighted by molar-refractivity contribution is 0.315. The Hall–Kier alpha value is -0.650. The molecule has 4 nitrogen and oxygen atoms in total. The molecule has 1 aliphatic rings. The molecule has 1 aromatic rings. The van der Waals surface area contributed by atoms with Crippen molar-refractivity contribution in [2.45, 2.75) is 37.6 Å². The van der Waals surface area contributed by atoms with E-state index in [4.69, 9.17) is 11.6 Å². The summed E-state index contributed by atoms with van der Waals surface area (Å²) in [4.78, 5) is 3.97. The van der Waals surface area contributed by atoms with Crippen LogP contribution in [0.25, 0.3) is 0 Å². The summed E-state index contributed by atoms with van der Waals surface area (Å²) in [6.07, 6.45) is 4.63. The van der Waals surface area contributed by atoms with Gasteiger partial charge in [0.05, 0.1) is 5.02 Å². The fraction of sp³-hybridized carbons (Fsp3) is 0.583. The Kier molecular flexibility index (Phi) is 3.94. The van der Waals surface area contributed by atoms with Crippen LogP contribution < -0.4 is 0 Å². The fourth-order valence-corrected chi connectivity index (χ4v) is 4.64. The molecule has 0 radical (unpaired) electrons. The van der Waals surface area contributed by atoms with Crippen molar-refractivity contribution in [3.8, 4) is 0 Å². The summed E-state index contributed by atoms with van der Waals surface area (Å²) in [6.45, 7) is 4.66. The maximum Gasteiger partial charge on any atom is 0.246 e. The second kappa shape index (κ2) is 5.15. The Morgan fingerprint density at radius 2 is 2.22 bits per heavy atom. The van der Waals surface area contributed by atoms with Crippen LogP contribution in [0.4, 0.5) is 0 Å². The number of halogens is 1. The average molecular weight is 289 g/mol. The molecule has 0 N–H and O–H groups in total. The quantitative estimate of drug-likeness (QED) is 0.859. The highest BCUT2D eigenvalue weighted by molar-refractivity contribution is 7.89. The summed E-state index contributed by atoms with van der Waals surface area (Å²) >= 11 is 5.97. The topological polar surface area (TPSA) is 50.3 Å². The number of hydrogen-bond donors (Lipinski definition) is 0. The minimum atomic E-state index is -3.52. The molecule has 0 saturated carbocycles. The molecule has 1 fully saturated rings. The van der Waals surface area contributed by atoms with Crippen molar-refractivity contribution in [1.82, 2.24) is 9.29 Å². The molecule has 0 spiro atoms. The molecule has 0 bridgehead atoms. The molecule has 2 heterocycles. The molecular weight excluding hydrogens is 272 g/mol. The predicted molar refractivity (Wildman–Crippen MR) is 71.0 cm³/mol. The van der Waals surface area contributed by atoms with E-state index in [0.29, 0.717) is 12.5 Å². The standard InChI is InChI=1S/C12H17ClN2O2S/c1-9(2)11-4-3-7-15(11)18(16,17)12-8-14-6-5-10(12)13/h5-6,8-9,11H,3-4,7H2,1-2H3. The number of sulfonamides is 1. The van der Waals surface area contributed by atoms with E-state index in [1.54, 1.807) is 4.31 Å². The molecule has 1 aliphatic heterocycles. The van der Waals surface area contributed by atoms with E-state index in [9.17, 15) is 8.42 Å². The Labute approximate surface area is 113 Å². The van der Waals surface area contributed by atoms with Crippen LogP contribution in [0.15, 0.2) is 23.4 Å². The van der Waals surface area contributed by atoms with Gasteiger partial charge >= 0.3 is 0 Å². The van der Waals surface area contributed by atoms with Crippen molar-refractivity contribution in [3.05, 3.63) is 23.5 Å². The van der Waals surface area contributed by atoms with Crippen molar-refractivity contribution in [2.75, 3.05) is 6.54 Å². The van der Waals surface area contributed by atoms with Gasteiger partial charge in [-0.1, -0.05) is 25.4 Å². The van der Waals surface area contributed by atoms with Gasteiger partial charge in [0, 0.05) is 25.0 Å². The van der Waals surface area contributed by atoms with E-state index in [-0.39, 0.29) is 16.0 Å². The zero-order valence-electron chi connectivity index (χ0n) is 10.5. The third-order valence-corrected chi connectivity index (χ3v) is 5.73. The summed E-state index contributed by atoms with van der Waals surface area (Å²) < 4.78 is 26.7. The number of pyridine rings is 1. The molecule has 1 saturated heterocycles. The van der Waals surface area contributed by atoms with Gasteiger partial charge in [-0.3, -0.25) is 4.98 Å². The van der Waals surface area contributed by atoms with Gasteiger partial charge in [0.15, 0.2) is 0 Å². The van der Waals surface area contributed by atoms with Crippen LogP contribution in [0, 0.1) is 5.92 Å². The zero-order valence-corrected chi connectivity index (χ0v) is 12.1. The Bertz CT molecular complexity index is 531. The first-order chi connectivity index (χ1) is 8.44. The van der Waals surface area contributed by atoms with E-state index in [2.05, 4.69) is 4.98 Å². The fourth-order valence-electron chi connectivity index (χ4n) is 2.41. The van der Waals surface area contributed by atoms with E-state index >= 15 is 0 Å². The highest BCUT2D eigenvalue weighted by Gasteiger charge is 2.37. The Morgan fingerprint density at radius 3 is 2.83 bits per heavy atom. The molecule has 1 unspecified atom stereocenters. The summed E-state index contributed by atoms with van der Waals surface area (Å²) in [6, 6.07) is 1.57. The average Bonchev–Trinajstić information content (AvgIpc) is 2.78. The summed E-state index contributed by atoms with van der Waals surface area (Å²) in [7, 11) is -3.52. The monoisotopic (exact) mass is 288 g/mol. The molecule has 2 rings (SSSR count). The number of aromatic nitrogens is 1.